The van der Waals surface area contributed by atoms with Crippen molar-refractivity contribution in [2.75, 3.05) is 14.1 Å². The Kier molecular flexibility index (Phi) is 5.19. The number of non-ortho nitro benzene ring substituents is 1. The summed E-state index contributed by atoms with van der Waals surface area (Å²) in [6.45, 7) is 1.65. The van der Waals surface area contributed by atoms with Crippen LogP contribution in [0.25, 0.3) is 0 Å². The molecule has 9 heteroatoms. The summed E-state index contributed by atoms with van der Waals surface area (Å²) < 4.78 is 30.6. The molecule has 0 aliphatic carbocycles. The van der Waals surface area contributed by atoms with Gasteiger partial charge in [-0.2, -0.15) is 0 Å². The van der Waals surface area contributed by atoms with Gasteiger partial charge in [0.2, 0.25) is 10.0 Å². The molecule has 8 nitrogen and oxygen atoms in total. The fraction of sp³-hybridized carbons (Fsp3) is 0.188. The Morgan fingerprint density at radius 1 is 1.12 bits per heavy atom. The third-order valence-corrected chi connectivity index (χ3v) is 5.28. The Morgan fingerprint density at radius 2 is 1.72 bits per heavy atom. The normalized spacial score (nSPS) is 11.4. The summed E-state index contributed by atoms with van der Waals surface area (Å²) in [6.07, 6.45) is 0. The summed E-state index contributed by atoms with van der Waals surface area (Å²) in [5, 5.41) is 10.6. The number of ether oxygens (including phenoxy) is 1. The van der Waals surface area contributed by atoms with Crippen molar-refractivity contribution in [1.82, 2.24) is 4.31 Å². The fourth-order valence-corrected chi connectivity index (χ4v) is 2.92. The number of nitro groups is 1. The topological polar surface area (TPSA) is 107 Å². The summed E-state index contributed by atoms with van der Waals surface area (Å²) in [6, 6.07) is 9.19. The van der Waals surface area contributed by atoms with Crippen LogP contribution in [0.2, 0.25) is 0 Å². The molecule has 132 valence electrons. The Morgan fingerprint density at radius 3 is 2.24 bits per heavy atom. The molecular weight excluding hydrogens is 348 g/mol. The third-order valence-electron chi connectivity index (χ3n) is 3.47. The number of esters is 1. The lowest BCUT2D eigenvalue weighted by Gasteiger charge is -2.13. The van der Waals surface area contributed by atoms with Crippen LogP contribution in [0.1, 0.15) is 15.9 Å². The van der Waals surface area contributed by atoms with Gasteiger partial charge in [-0.25, -0.2) is 17.5 Å². The summed E-state index contributed by atoms with van der Waals surface area (Å²) in [5.74, 6) is -0.627. The number of sulfonamides is 1. The van der Waals surface area contributed by atoms with Crippen molar-refractivity contribution in [1.29, 1.82) is 0 Å². The van der Waals surface area contributed by atoms with Crippen molar-refractivity contribution < 1.29 is 22.9 Å². The molecule has 0 saturated heterocycles. The number of carbonyl (C=O) groups excluding carboxylic acids is 1. The minimum atomic E-state index is -3.69. The second kappa shape index (κ2) is 6.99. The number of nitro benzene ring substituents is 1. The van der Waals surface area contributed by atoms with E-state index in [2.05, 4.69) is 0 Å². The van der Waals surface area contributed by atoms with Gasteiger partial charge >= 0.3 is 5.97 Å². The summed E-state index contributed by atoms with van der Waals surface area (Å²) >= 11 is 0. The van der Waals surface area contributed by atoms with Gasteiger partial charge < -0.3 is 4.74 Å². The molecule has 0 aromatic heterocycles. The molecule has 0 N–H and O–H groups in total. The summed E-state index contributed by atoms with van der Waals surface area (Å²) in [7, 11) is -0.901. The average molecular weight is 364 g/mol. The number of nitrogens with zero attached hydrogens (tertiary/aromatic N) is 2. The van der Waals surface area contributed by atoms with Crippen LogP contribution in [-0.4, -0.2) is 37.7 Å². The lowest BCUT2D eigenvalue weighted by atomic mass is 10.1. The van der Waals surface area contributed by atoms with Crippen LogP contribution in [-0.2, 0) is 10.0 Å². The minimum Gasteiger partial charge on any atom is -0.423 e. The van der Waals surface area contributed by atoms with Crippen LogP contribution in [0.4, 0.5) is 5.69 Å². The predicted octanol–water partition coefficient (Wildman–Crippen LogP) is 2.37. The first-order chi connectivity index (χ1) is 11.6. The van der Waals surface area contributed by atoms with Crippen LogP contribution < -0.4 is 4.74 Å². The number of carbonyl (C=O) groups is 1. The predicted molar refractivity (Wildman–Crippen MR) is 90.1 cm³/mol. The highest BCUT2D eigenvalue weighted by atomic mass is 32.2. The van der Waals surface area contributed by atoms with E-state index in [-0.39, 0.29) is 21.9 Å². The van der Waals surface area contributed by atoms with Crippen LogP contribution in [0.15, 0.2) is 47.4 Å². The molecule has 0 heterocycles. The standard InChI is InChI=1S/C16H16N2O6S/c1-11-4-9-14(25(22,23)17(2)3)10-15(11)16(19)24-13-7-5-12(6-8-13)18(20)21/h4-10H,1-3H3. The van der Waals surface area contributed by atoms with Gasteiger partial charge in [-0.1, -0.05) is 6.07 Å². The zero-order valence-corrected chi connectivity index (χ0v) is 14.6. The van der Waals surface area contributed by atoms with E-state index < -0.39 is 20.9 Å². The maximum atomic E-state index is 12.3. The van der Waals surface area contributed by atoms with Crippen molar-refractivity contribution in [3.63, 3.8) is 0 Å². The molecule has 0 spiro atoms. The number of aryl methyl sites for hydroxylation is 1. The molecule has 25 heavy (non-hydrogen) atoms. The Balaban J connectivity index is 2.31. The van der Waals surface area contributed by atoms with E-state index >= 15 is 0 Å². The van der Waals surface area contributed by atoms with Crippen LogP contribution in [0, 0.1) is 17.0 Å². The van der Waals surface area contributed by atoms with E-state index in [1.54, 1.807) is 6.92 Å². The molecular formula is C16H16N2O6S. The van der Waals surface area contributed by atoms with E-state index in [4.69, 9.17) is 4.74 Å². The molecule has 0 aliphatic heterocycles. The molecule has 0 fully saturated rings. The molecule has 2 aromatic rings. The lowest BCUT2D eigenvalue weighted by molar-refractivity contribution is -0.384. The van der Waals surface area contributed by atoms with Crippen LogP contribution in [0.3, 0.4) is 0 Å². The van der Waals surface area contributed by atoms with E-state index in [1.807, 2.05) is 0 Å². The molecule has 0 radical (unpaired) electrons. The summed E-state index contributed by atoms with van der Waals surface area (Å²) in [5.41, 5.74) is 0.515. The van der Waals surface area contributed by atoms with Gasteiger partial charge in [-0.3, -0.25) is 10.1 Å². The zero-order chi connectivity index (χ0) is 18.8. The highest BCUT2D eigenvalue weighted by molar-refractivity contribution is 7.89. The molecule has 0 aliphatic rings. The lowest BCUT2D eigenvalue weighted by Crippen LogP contribution is -2.23. The van der Waals surface area contributed by atoms with Gasteiger partial charge in [0.1, 0.15) is 5.75 Å². The Labute approximate surface area is 144 Å². The molecule has 2 aromatic carbocycles. The van der Waals surface area contributed by atoms with Crippen molar-refractivity contribution >= 4 is 21.7 Å². The van der Waals surface area contributed by atoms with E-state index in [0.29, 0.717) is 5.56 Å². The largest absolute Gasteiger partial charge is 0.423 e. The van der Waals surface area contributed by atoms with E-state index in [0.717, 1.165) is 4.31 Å². The monoisotopic (exact) mass is 364 g/mol. The summed E-state index contributed by atoms with van der Waals surface area (Å²) in [4.78, 5) is 22.4. The Bertz CT molecular complexity index is 920. The van der Waals surface area contributed by atoms with Gasteiger partial charge in [0.05, 0.1) is 15.4 Å². The average Bonchev–Trinajstić information content (AvgIpc) is 2.55. The van der Waals surface area contributed by atoms with Gasteiger partial charge in [0, 0.05) is 26.2 Å². The number of benzene rings is 2. The number of hydrogen-bond donors (Lipinski definition) is 0. The van der Waals surface area contributed by atoms with Crippen LogP contribution >= 0.6 is 0 Å². The molecule has 0 atom stereocenters. The molecule has 0 unspecified atom stereocenters. The van der Waals surface area contributed by atoms with Crippen molar-refractivity contribution in [2.24, 2.45) is 0 Å². The first-order valence-corrected chi connectivity index (χ1v) is 8.57. The first kappa shape index (κ1) is 18.6. The highest BCUT2D eigenvalue weighted by Gasteiger charge is 2.21. The first-order valence-electron chi connectivity index (χ1n) is 7.12. The maximum Gasteiger partial charge on any atom is 0.343 e. The molecule has 0 bridgehead atoms. The Hall–Kier alpha value is -2.78. The van der Waals surface area contributed by atoms with Crippen LogP contribution in [0.5, 0.6) is 5.75 Å². The fourth-order valence-electron chi connectivity index (χ4n) is 1.99. The second-order valence-electron chi connectivity index (χ2n) is 5.40. The zero-order valence-electron chi connectivity index (χ0n) is 13.8. The third kappa shape index (κ3) is 4.01. The van der Waals surface area contributed by atoms with E-state index in [1.165, 1.54) is 56.6 Å². The van der Waals surface area contributed by atoms with Crippen molar-refractivity contribution in [3.05, 3.63) is 63.7 Å². The van der Waals surface area contributed by atoms with E-state index in [9.17, 15) is 23.3 Å². The van der Waals surface area contributed by atoms with Gasteiger partial charge in [-0.15, -0.1) is 0 Å². The SMILES string of the molecule is Cc1ccc(S(=O)(=O)N(C)C)cc1C(=O)Oc1ccc([N+](=O)[O-])cc1. The second-order valence-corrected chi connectivity index (χ2v) is 7.56. The van der Waals surface area contributed by atoms with Gasteiger partial charge in [-0.05, 0) is 36.8 Å². The molecule has 0 saturated carbocycles. The van der Waals surface area contributed by atoms with Gasteiger partial charge in [0.15, 0.2) is 0 Å². The minimum absolute atomic E-state index is 0.0289. The number of hydrogen-bond acceptors (Lipinski definition) is 6. The molecule has 2 rings (SSSR count). The maximum absolute atomic E-state index is 12.3. The number of rotatable bonds is 5. The van der Waals surface area contributed by atoms with Crippen molar-refractivity contribution in [3.8, 4) is 5.75 Å². The van der Waals surface area contributed by atoms with Gasteiger partial charge in [0.25, 0.3) is 5.69 Å². The smallest absolute Gasteiger partial charge is 0.343 e. The highest BCUT2D eigenvalue weighted by Crippen LogP contribution is 2.22. The molecule has 0 amide bonds. The quantitative estimate of drug-likeness (QED) is 0.349. The van der Waals surface area contributed by atoms with Crippen molar-refractivity contribution in [2.45, 2.75) is 11.8 Å².